The van der Waals surface area contributed by atoms with E-state index in [1.54, 1.807) is 4.90 Å². The lowest BCUT2D eigenvalue weighted by Crippen LogP contribution is -2.27. The van der Waals surface area contributed by atoms with Crippen molar-refractivity contribution in [3.63, 3.8) is 0 Å². The van der Waals surface area contributed by atoms with Crippen LogP contribution in [0, 0.1) is 0 Å². The molecule has 26 heavy (non-hydrogen) atoms. The van der Waals surface area contributed by atoms with Crippen LogP contribution in [-0.2, 0) is 22.7 Å². The molecular weight excluding hydrogens is 332 g/mol. The third-order valence-electron chi connectivity index (χ3n) is 4.77. The Bertz CT molecular complexity index is 865. The van der Waals surface area contributed by atoms with Crippen molar-refractivity contribution in [2.24, 2.45) is 0 Å². The number of ether oxygens (including phenoxy) is 2. The van der Waals surface area contributed by atoms with E-state index in [2.05, 4.69) is 5.32 Å². The highest BCUT2D eigenvalue weighted by Gasteiger charge is 2.24. The van der Waals surface area contributed by atoms with Gasteiger partial charge in [-0.05, 0) is 47.9 Å². The van der Waals surface area contributed by atoms with E-state index < -0.39 is 0 Å². The molecule has 0 aliphatic carbocycles. The highest BCUT2D eigenvalue weighted by atomic mass is 16.6. The molecular formula is C20H20N2O4. The maximum atomic E-state index is 12.6. The van der Waals surface area contributed by atoms with E-state index in [0.717, 1.165) is 22.4 Å². The molecule has 0 aromatic heterocycles. The van der Waals surface area contributed by atoms with Crippen LogP contribution >= 0.6 is 0 Å². The number of hydrogen-bond donors (Lipinski definition) is 1. The molecule has 134 valence electrons. The van der Waals surface area contributed by atoms with Crippen molar-refractivity contribution in [3.8, 4) is 0 Å². The van der Waals surface area contributed by atoms with Gasteiger partial charge in [0.2, 0.25) is 0 Å². The number of rotatable bonds is 4. The Morgan fingerprint density at radius 3 is 2.81 bits per heavy atom. The Balaban J connectivity index is 1.48. The zero-order valence-electron chi connectivity index (χ0n) is 14.5. The Morgan fingerprint density at radius 1 is 1.15 bits per heavy atom. The summed E-state index contributed by atoms with van der Waals surface area (Å²) in [6, 6.07) is 13.1. The summed E-state index contributed by atoms with van der Waals surface area (Å²) in [6.45, 7) is 4.03. The van der Waals surface area contributed by atoms with Crippen molar-refractivity contribution in [1.29, 1.82) is 0 Å². The van der Waals surface area contributed by atoms with Crippen LogP contribution in [0.1, 0.15) is 40.0 Å². The van der Waals surface area contributed by atoms with Crippen LogP contribution in [0.4, 0.5) is 10.5 Å². The quantitative estimate of drug-likeness (QED) is 0.918. The number of anilines is 1. The largest absolute Gasteiger partial charge is 0.447 e. The average Bonchev–Trinajstić information content (AvgIpc) is 3.29. The Labute approximate surface area is 151 Å². The number of benzene rings is 2. The van der Waals surface area contributed by atoms with Crippen LogP contribution in [0.15, 0.2) is 42.5 Å². The molecule has 6 nitrogen and oxygen atoms in total. The van der Waals surface area contributed by atoms with Gasteiger partial charge >= 0.3 is 6.09 Å². The van der Waals surface area contributed by atoms with E-state index in [0.29, 0.717) is 31.9 Å². The molecule has 0 radical (unpaired) electrons. The number of carbonyl (C=O) groups is 2. The fraction of sp³-hybridized carbons (Fsp3) is 0.300. The zero-order chi connectivity index (χ0) is 18.1. The summed E-state index contributed by atoms with van der Waals surface area (Å²) in [7, 11) is 0. The van der Waals surface area contributed by atoms with Crippen LogP contribution in [0.5, 0.6) is 0 Å². The van der Waals surface area contributed by atoms with Crippen molar-refractivity contribution in [3.05, 3.63) is 64.7 Å². The molecule has 2 heterocycles. The topological polar surface area (TPSA) is 67.9 Å². The fourth-order valence-corrected chi connectivity index (χ4v) is 3.27. The van der Waals surface area contributed by atoms with E-state index in [1.165, 1.54) is 0 Å². The molecule has 4 rings (SSSR count). The molecule has 2 aliphatic rings. The number of nitrogens with zero attached hydrogens (tertiary/aromatic N) is 1. The lowest BCUT2D eigenvalue weighted by atomic mass is 10.0. The predicted molar refractivity (Wildman–Crippen MR) is 96.0 cm³/mol. The van der Waals surface area contributed by atoms with E-state index in [1.807, 2.05) is 49.4 Å². The van der Waals surface area contributed by atoms with Crippen LogP contribution in [0.3, 0.4) is 0 Å². The van der Waals surface area contributed by atoms with Gasteiger partial charge in [-0.15, -0.1) is 0 Å². The number of cyclic esters (lactones) is 1. The van der Waals surface area contributed by atoms with Crippen LogP contribution in [0.2, 0.25) is 0 Å². The lowest BCUT2D eigenvalue weighted by molar-refractivity contribution is 0.0939. The van der Waals surface area contributed by atoms with Crippen molar-refractivity contribution in [1.82, 2.24) is 5.32 Å². The van der Waals surface area contributed by atoms with E-state index in [9.17, 15) is 9.59 Å². The van der Waals surface area contributed by atoms with Gasteiger partial charge in [0.05, 0.1) is 25.8 Å². The molecule has 2 aliphatic heterocycles. The maximum Gasteiger partial charge on any atom is 0.414 e. The van der Waals surface area contributed by atoms with Gasteiger partial charge in [0.15, 0.2) is 0 Å². The van der Waals surface area contributed by atoms with Gasteiger partial charge < -0.3 is 14.8 Å². The third kappa shape index (κ3) is 3.15. The first kappa shape index (κ1) is 16.6. The van der Waals surface area contributed by atoms with Crippen LogP contribution in [-0.4, -0.2) is 25.2 Å². The molecule has 0 bridgehead atoms. The molecule has 2 amide bonds. The molecule has 1 fully saturated rings. The molecule has 1 N–H and O–H groups in total. The smallest absolute Gasteiger partial charge is 0.414 e. The van der Waals surface area contributed by atoms with Gasteiger partial charge in [-0.1, -0.05) is 18.2 Å². The fourth-order valence-electron chi connectivity index (χ4n) is 3.27. The predicted octanol–water partition coefficient (Wildman–Crippen LogP) is 3.16. The molecule has 0 saturated carbocycles. The van der Waals surface area contributed by atoms with Gasteiger partial charge in [0.25, 0.3) is 5.91 Å². The molecule has 6 heteroatoms. The normalized spacial score (nSPS) is 17.0. The van der Waals surface area contributed by atoms with Gasteiger partial charge in [-0.2, -0.15) is 0 Å². The first-order chi connectivity index (χ1) is 12.6. The molecule has 2 aromatic rings. The molecule has 0 unspecified atom stereocenters. The lowest BCUT2D eigenvalue weighted by Gasteiger charge is -2.18. The van der Waals surface area contributed by atoms with Crippen molar-refractivity contribution >= 4 is 17.7 Å². The monoisotopic (exact) mass is 352 g/mol. The molecule has 0 spiro atoms. The first-order valence-electron chi connectivity index (χ1n) is 8.66. The van der Waals surface area contributed by atoms with Crippen molar-refractivity contribution in [2.45, 2.75) is 26.2 Å². The van der Waals surface area contributed by atoms with Crippen LogP contribution in [0.25, 0.3) is 0 Å². The number of nitrogens with one attached hydrogen (secondary N) is 1. The summed E-state index contributed by atoms with van der Waals surface area (Å²) in [5, 5.41) is 3.02. The minimum Gasteiger partial charge on any atom is -0.447 e. The molecule has 1 atom stereocenters. The Morgan fingerprint density at radius 2 is 2.00 bits per heavy atom. The average molecular weight is 352 g/mol. The second-order valence-corrected chi connectivity index (χ2v) is 6.53. The summed E-state index contributed by atoms with van der Waals surface area (Å²) >= 11 is 0. The number of carbonyl (C=O) groups excluding carboxylic acids is 2. The van der Waals surface area contributed by atoms with Gasteiger partial charge in [-0.25, -0.2) is 4.79 Å². The van der Waals surface area contributed by atoms with E-state index in [-0.39, 0.29) is 18.0 Å². The minimum absolute atomic E-state index is 0.127. The van der Waals surface area contributed by atoms with Gasteiger partial charge in [-0.3, -0.25) is 9.69 Å². The van der Waals surface area contributed by atoms with Gasteiger partial charge in [0.1, 0.15) is 6.61 Å². The standard InChI is InChI=1S/C20H20N2O4/c1-13(14-3-2-4-18(10-14)22-7-8-26-20(22)24)21-19(23)15-5-6-16-11-25-12-17(16)9-15/h2-6,9-10,13H,7-8,11-12H2,1H3,(H,21,23)/t13-/m0/s1. The summed E-state index contributed by atoms with van der Waals surface area (Å²) in [5.41, 5.74) is 4.54. The third-order valence-corrected chi connectivity index (χ3v) is 4.77. The summed E-state index contributed by atoms with van der Waals surface area (Å²) in [5.74, 6) is -0.127. The highest BCUT2D eigenvalue weighted by molar-refractivity contribution is 5.95. The first-order valence-corrected chi connectivity index (χ1v) is 8.66. The number of amides is 2. The van der Waals surface area contributed by atoms with Gasteiger partial charge in [0, 0.05) is 11.3 Å². The summed E-state index contributed by atoms with van der Waals surface area (Å²) in [6.07, 6.45) is -0.334. The van der Waals surface area contributed by atoms with E-state index in [4.69, 9.17) is 9.47 Å². The molecule has 1 saturated heterocycles. The summed E-state index contributed by atoms with van der Waals surface area (Å²) in [4.78, 5) is 25.9. The Hall–Kier alpha value is -2.86. The molecule has 2 aromatic carbocycles. The van der Waals surface area contributed by atoms with Crippen molar-refractivity contribution < 1.29 is 19.1 Å². The zero-order valence-corrected chi connectivity index (χ0v) is 14.5. The minimum atomic E-state index is -0.334. The van der Waals surface area contributed by atoms with Crippen LogP contribution < -0.4 is 10.2 Å². The second-order valence-electron chi connectivity index (χ2n) is 6.53. The van der Waals surface area contributed by atoms with E-state index >= 15 is 0 Å². The number of hydrogen-bond acceptors (Lipinski definition) is 4. The maximum absolute atomic E-state index is 12.6. The Kier molecular flexibility index (Phi) is 4.34. The van der Waals surface area contributed by atoms with Crippen molar-refractivity contribution in [2.75, 3.05) is 18.1 Å². The highest BCUT2D eigenvalue weighted by Crippen LogP contribution is 2.24. The second kappa shape index (κ2) is 6.80. The number of fused-ring (bicyclic) bond motifs is 1. The SMILES string of the molecule is C[C@H](NC(=O)c1ccc2c(c1)COC2)c1cccc(N2CCOC2=O)c1. The summed E-state index contributed by atoms with van der Waals surface area (Å²) < 4.78 is 10.4.